The standard InChI is InChI=1S/C14H10ClF3N2O/c15-9-5-3-6-10(19)12(9)13(21)20-11-7-2-1-4-8(11)14(16,17)18/h1-7H,19H2,(H,20,21). The van der Waals surface area contributed by atoms with Crippen molar-refractivity contribution in [2.24, 2.45) is 0 Å². The fourth-order valence-electron chi connectivity index (χ4n) is 1.80. The molecular formula is C14H10ClF3N2O. The Balaban J connectivity index is 2.38. The van der Waals surface area contributed by atoms with E-state index in [-0.39, 0.29) is 22.0 Å². The van der Waals surface area contributed by atoms with Gasteiger partial charge in [-0.05, 0) is 24.3 Å². The van der Waals surface area contributed by atoms with Gasteiger partial charge in [-0.15, -0.1) is 0 Å². The fraction of sp³-hybridized carbons (Fsp3) is 0.0714. The molecule has 0 saturated carbocycles. The molecule has 0 heterocycles. The highest BCUT2D eigenvalue weighted by Crippen LogP contribution is 2.35. The third kappa shape index (κ3) is 3.28. The average molecular weight is 315 g/mol. The van der Waals surface area contributed by atoms with Crippen LogP contribution in [0.2, 0.25) is 5.02 Å². The molecule has 0 spiro atoms. The quantitative estimate of drug-likeness (QED) is 0.816. The van der Waals surface area contributed by atoms with E-state index in [2.05, 4.69) is 5.32 Å². The van der Waals surface area contributed by atoms with E-state index < -0.39 is 17.6 Å². The predicted octanol–water partition coefficient (Wildman–Crippen LogP) is 4.19. The summed E-state index contributed by atoms with van der Waals surface area (Å²) in [7, 11) is 0. The largest absolute Gasteiger partial charge is 0.418 e. The van der Waals surface area contributed by atoms with Crippen LogP contribution in [-0.4, -0.2) is 5.91 Å². The maximum atomic E-state index is 12.9. The summed E-state index contributed by atoms with van der Waals surface area (Å²) in [6.45, 7) is 0. The minimum absolute atomic E-state index is 0.0591. The number of amides is 1. The van der Waals surface area contributed by atoms with Crippen molar-refractivity contribution in [1.82, 2.24) is 0 Å². The number of carbonyl (C=O) groups excluding carboxylic acids is 1. The van der Waals surface area contributed by atoms with Crippen LogP contribution in [0.1, 0.15) is 15.9 Å². The Bertz CT molecular complexity index is 666. The van der Waals surface area contributed by atoms with Crippen molar-refractivity contribution < 1.29 is 18.0 Å². The minimum atomic E-state index is -4.57. The predicted molar refractivity (Wildman–Crippen MR) is 75.3 cm³/mol. The van der Waals surface area contributed by atoms with Gasteiger partial charge in [0.2, 0.25) is 0 Å². The number of anilines is 2. The first-order valence-electron chi connectivity index (χ1n) is 5.82. The molecule has 0 aliphatic heterocycles. The summed E-state index contributed by atoms with van der Waals surface area (Å²) >= 11 is 5.86. The second-order valence-electron chi connectivity index (χ2n) is 4.20. The zero-order chi connectivity index (χ0) is 15.6. The Hall–Kier alpha value is -2.21. The highest BCUT2D eigenvalue weighted by Gasteiger charge is 2.33. The molecule has 0 aliphatic rings. The van der Waals surface area contributed by atoms with E-state index in [0.717, 1.165) is 12.1 Å². The monoisotopic (exact) mass is 314 g/mol. The van der Waals surface area contributed by atoms with Gasteiger partial charge >= 0.3 is 6.18 Å². The van der Waals surface area contributed by atoms with Gasteiger partial charge in [-0.1, -0.05) is 29.8 Å². The lowest BCUT2D eigenvalue weighted by atomic mass is 10.1. The summed E-state index contributed by atoms with van der Waals surface area (Å²) in [5.41, 5.74) is 4.37. The van der Waals surface area contributed by atoms with E-state index in [9.17, 15) is 18.0 Å². The van der Waals surface area contributed by atoms with Gasteiger partial charge in [-0.3, -0.25) is 4.79 Å². The van der Waals surface area contributed by atoms with Crippen molar-refractivity contribution in [3.63, 3.8) is 0 Å². The minimum Gasteiger partial charge on any atom is -0.398 e. The maximum absolute atomic E-state index is 12.9. The van der Waals surface area contributed by atoms with Crippen LogP contribution in [0.25, 0.3) is 0 Å². The number of halogens is 4. The molecule has 3 N–H and O–H groups in total. The second kappa shape index (κ2) is 5.65. The van der Waals surface area contributed by atoms with Crippen LogP contribution in [0.4, 0.5) is 24.5 Å². The number of nitrogens with one attached hydrogen (secondary N) is 1. The van der Waals surface area contributed by atoms with Gasteiger partial charge in [0, 0.05) is 5.69 Å². The molecule has 0 fully saturated rings. The van der Waals surface area contributed by atoms with E-state index in [1.807, 2.05) is 0 Å². The van der Waals surface area contributed by atoms with Crippen LogP contribution < -0.4 is 11.1 Å². The molecule has 2 rings (SSSR count). The van der Waals surface area contributed by atoms with Crippen molar-refractivity contribution in [2.45, 2.75) is 6.18 Å². The summed E-state index contributed by atoms with van der Waals surface area (Å²) in [6, 6.07) is 9.08. The van der Waals surface area contributed by atoms with Crippen molar-refractivity contribution in [3.05, 3.63) is 58.6 Å². The Morgan fingerprint density at radius 3 is 2.38 bits per heavy atom. The van der Waals surface area contributed by atoms with E-state index in [0.29, 0.717) is 0 Å². The number of para-hydroxylation sites is 1. The molecule has 0 atom stereocenters. The van der Waals surface area contributed by atoms with E-state index in [4.69, 9.17) is 17.3 Å². The molecule has 0 saturated heterocycles. The Kier molecular flexibility index (Phi) is 4.09. The first-order chi connectivity index (χ1) is 9.80. The highest BCUT2D eigenvalue weighted by atomic mass is 35.5. The maximum Gasteiger partial charge on any atom is 0.418 e. The lowest BCUT2D eigenvalue weighted by molar-refractivity contribution is -0.136. The summed E-state index contributed by atoms with van der Waals surface area (Å²) in [5.74, 6) is -0.796. The molecular weight excluding hydrogens is 305 g/mol. The number of nitrogens with two attached hydrogens (primary N) is 1. The van der Waals surface area contributed by atoms with Gasteiger partial charge in [-0.2, -0.15) is 13.2 Å². The number of hydrogen-bond donors (Lipinski definition) is 2. The van der Waals surface area contributed by atoms with Crippen LogP contribution in [0.15, 0.2) is 42.5 Å². The molecule has 2 aromatic carbocycles. The summed E-state index contributed by atoms with van der Waals surface area (Å²) in [5, 5.41) is 2.26. The van der Waals surface area contributed by atoms with Gasteiger partial charge < -0.3 is 11.1 Å². The van der Waals surface area contributed by atoms with Gasteiger partial charge in [0.1, 0.15) is 0 Å². The van der Waals surface area contributed by atoms with Crippen LogP contribution >= 0.6 is 11.6 Å². The van der Waals surface area contributed by atoms with Crippen LogP contribution in [-0.2, 0) is 6.18 Å². The van der Waals surface area contributed by atoms with Gasteiger partial charge in [-0.25, -0.2) is 0 Å². The zero-order valence-electron chi connectivity index (χ0n) is 10.5. The lowest BCUT2D eigenvalue weighted by Crippen LogP contribution is -2.18. The SMILES string of the molecule is Nc1cccc(Cl)c1C(=O)Nc1ccccc1C(F)(F)F. The van der Waals surface area contributed by atoms with Gasteiger partial charge in [0.25, 0.3) is 5.91 Å². The number of hydrogen-bond acceptors (Lipinski definition) is 2. The lowest BCUT2D eigenvalue weighted by Gasteiger charge is -2.14. The average Bonchev–Trinajstić information content (AvgIpc) is 2.37. The zero-order valence-corrected chi connectivity index (χ0v) is 11.3. The fourth-order valence-corrected chi connectivity index (χ4v) is 2.07. The first-order valence-corrected chi connectivity index (χ1v) is 6.20. The highest BCUT2D eigenvalue weighted by molar-refractivity contribution is 6.35. The Labute approximate surface area is 123 Å². The molecule has 2 aromatic rings. The van der Waals surface area contributed by atoms with Gasteiger partial charge in [0.05, 0.1) is 21.8 Å². The summed E-state index contributed by atoms with van der Waals surface area (Å²) in [4.78, 5) is 12.1. The number of benzene rings is 2. The molecule has 21 heavy (non-hydrogen) atoms. The molecule has 0 aliphatic carbocycles. The van der Waals surface area contributed by atoms with Crippen LogP contribution in [0.3, 0.4) is 0 Å². The molecule has 3 nitrogen and oxygen atoms in total. The third-order valence-corrected chi connectivity index (χ3v) is 3.07. The van der Waals surface area contributed by atoms with Gasteiger partial charge in [0.15, 0.2) is 0 Å². The third-order valence-electron chi connectivity index (χ3n) is 2.75. The van der Waals surface area contributed by atoms with E-state index >= 15 is 0 Å². The number of rotatable bonds is 2. The van der Waals surface area contributed by atoms with Crippen molar-refractivity contribution in [2.75, 3.05) is 11.1 Å². The second-order valence-corrected chi connectivity index (χ2v) is 4.61. The topological polar surface area (TPSA) is 55.1 Å². The normalized spacial score (nSPS) is 11.2. The van der Waals surface area contributed by atoms with Crippen LogP contribution in [0, 0.1) is 0 Å². The molecule has 0 aromatic heterocycles. The van der Waals surface area contributed by atoms with Crippen LogP contribution in [0.5, 0.6) is 0 Å². The first kappa shape index (κ1) is 15.2. The number of alkyl halides is 3. The number of nitrogen functional groups attached to an aromatic ring is 1. The Morgan fingerprint density at radius 2 is 1.76 bits per heavy atom. The molecule has 0 unspecified atom stereocenters. The van der Waals surface area contributed by atoms with E-state index in [1.54, 1.807) is 0 Å². The van der Waals surface area contributed by atoms with Crippen molar-refractivity contribution in [3.8, 4) is 0 Å². The Morgan fingerprint density at radius 1 is 1.10 bits per heavy atom. The van der Waals surface area contributed by atoms with Crippen molar-refractivity contribution in [1.29, 1.82) is 0 Å². The van der Waals surface area contributed by atoms with E-state index in [1.165, 1.54) is 30.3 Å². The smallest absolute Gasteiger partial charge is 0.398 e. The summed E-state index contributed by atoms with van der Waals surface area (Å²) < 4.78 is 38.6. The molecule has 7 heteroatoms. The molecule has 0 bridgehead atoms. The molecule has 1 amide bonds. The molecule has 0 radical (unpaired) electrons. The van der Waals surface area contributed by atoms with Crippen molar-refractivity contribution >= 4 is 28.9 Å². The number of carbonyl (C=O) groups is 1. The molecule has 110 valence electrons. The summed E-state index contributed by atoms with van der Waals surface area (Å²) in [6.07, 6.45) is -4.57.